The van der Waals surface area contributed by atoms with E-state index in [1.165, 1.54) is 14.0 Å². The van der Waals surface area contributed by atoms with Crippen LogP contribution in [0.3, 0.4) is 0 Å². The zero-order valence-corrected chi connectivity index (χ0v) is 13.8. The Morgan fingerprint density at radius 2 is 2.17 bits per heavy atom. The number of carbonyl (C=O) groups is 2. The fourth-order valence-electron chi connectivity index (χ4n) is 4.26. The lowest BCUT2D eigenvalue weighted by molar-refractivity contribution is -0.153. The summed E-state index contributed by atoms with van der Waals surface area (Å²) in [6, 6.07) is 7.85. The normalized spacial score (nSPS) is 26.8. The van der Waals surface area contributed by atoms with Crippen LogP contribution in [0.15, 0.2) is 24.3 Å². The molecule has 3 rings (SSSR count). The molecule has 1 N–H and O–H groups in total. The van der Waals surface area contributed by atoms with Crippen molar-refractivity contribution in [2.24, 2.45) is 11.3 Å². The van der Waals surface area contributed by atoms with Gasteiger partial charge in [-0.1, -0.05) is 24.6 Å². The number of anilines is 1. The predicted molar refractivity (Wildman–Crippen MR) is 87.8 cm³/mol. The van der Waals surface area contributed by atoms with Gasteiger partial charge in [0.25, 0.3) is 0 Å². The van der Waals surface area contributed by atoms with Crippen LogP contribution < -0.4 is 5.32 Å². The molecule has 1 aromatic carbocycles. The van der Waals surface area contributed by atoms with Crippen molar-refractivity contribution < 1.29 is 14.3 Å². The second kappa shape index (κ2) is 6.32. The first-order valence-corrected chi connectivity index (χ1v) is 8.21. The summed E-state index contributed by atoms with van der Waals surface area (Å²) >= 11 is 0. The van der Waals surface area contributed by atoms with Gasteiger partial charge in [-0.05, 0) is 30.4 Å². The highest BCUT2D eigenvalue weighted by molar-refractivity contribution is 5.89. The van der Waals surface area contributed by atoms with Gasteiger partial charge >= 0.3 is 5.97 Å². The Balaban J connectivity index is 1.76. The molecule has 0 bridgehead atoms. The molecule has 0 unspecified atom stereocenters. The average molecular weight is 316 g/mol. The van der Waals surface area contributed by atoms with Crippen molar-refractivity contribution >= 4 is 17.6 Å². The minimum absolute atomic E-state index is 0.0577. The van der Waals surface area contributed by atoms with Gasteiger partial charge in [0.1, 0.15) is 0 Å². The lowest BCUT2D eigenvalue weighted by Crippen LogP contribution is -2.36. The Labute approximate surface area is 137 Å². The summed E-state index contributed by atoms with van der Waals surface area (Å²) < 4.78 is 5.09. The van der Waals surface area contributed by atoms with E-state index in [0.29, 0.717) is 5.92 Å². The third-order valence-corrected chi connectivity index (χ3v) is 5.26. The van der Waals surface area contributed by atoms with E-state index in [-0.39, 0.29) is 17.3 Å². The van der Waals surface area contributed by atoms with Gasteiger partial charge in [-0.15, -0.1) is 0 Å². The molecular formula is C18H24N2O3. The van der Waals surface area contributed by atoms with Crippen molar-refractivity contribution in [3.8, 4) is 0 Å². The number of nitrogens with zero attached hydrogens (tertiary/aromatic N) is 1. The number of para-hydroxylation sites is 1. The van der Waals surface area contributed by atoms with Crippen LogP contribution in [0, 0.1) is 11.3 Å². The Kier molecular flexibility index (Phi) is 4.39. The lowest BCUT2D eigenvalue weighted by Gasteiger charge is -2.25. The van der Waals surface area contributed by atoms with E-state index < -0.39 is 0 Å². The number of hydrogen-bond acceptors (Lipinski definition) is 4. The minimum atomic E-state index is -0.322. The fourth-order valence-corrected chi connectivity index (χ4v) is 4.26. The van der Waals surface area contributed by atoms with E-state index >= 15 is 0 Å². The Bertz CT molecular complexity index is 616. The van der Waals surface area contributed by atoms with E-state index in [1.807, 2.05) is 24.3 Å². The van der Waals surface area contributed by atoms with Gasteiger partial charge in [0.05, 0.1) is 12.5 Å². The van der Waals surface area contributed by atoms with Gasteiger partial charge < -0.3 is 10.1 Å². The third kappa shape index (κ3) is 2.98. The van der Waals surface area contributed by atoms with Gasteiger partial charge in [-0.2, -0.15) is 0 Å². The monoisotopic (exact) mass is 316 g/mol. The van der Waals surface area contributed by atoms with Crippen molar-refractivity contribution in [2.45, 2.75) is 32.7 Å². The van der Waals surface area contributed by atoms with Crippen LogP contribution in [0.5, 0.6) is 0 Å². The quantitative estimate of drug-likeness (QED) is 0.867. The van der Waals surface area contributed by atoms with Crippen LogP contribution in [0.25, 0.3) is 0 Å². The molecule has 2 atom stereocenters. The van der Waals surface area contributed by atoms with Crippen LogP contribution in [0.4, 0.5) is 5.69 Å². The molecule has 1 amide bonds. The lowest BCUT2D eigenvalue weighted by atomic mass is 9.81. The molecular weight excluding hydrogens is 292 g/mol. The van der Waals surface area contributed by atoms with Crippen LogP contribution in [-0.2, 0) is 20.9 Å². The molecule has 2 aliphatic rings. The van der Waals surface area contributed by atoms with Crippen molar-refractivity contribution in [2.75, 3.05) is 25.5 Å². The molecule has 2 fully saturated rings. The second-order valence-electron chi connectivity index (χ2n) is 6.74. The first kappa shape index (κ1) is 16.0. The maximum absolute atomic E-state index is 12.3. The van der Waals surface area contributed by atoms with Gasteiger partial charge in [0.2, 0.25) is 5.91 Å². The summed E-state index contributed by atoms with van der Waals surface area (Å²) in [5.74, 6) is 0.266. The number of rotatable bonds is 4. The molecule has 0 spiro atoms. The number of hydrogen-bond donors (Lipinski definition) is 1. The number of nitrogens with one attached hydrogen (secondary N) is 1. The minimum Gasteiger partial charge on any atom is -0.469 e. The molecule has 1 saturated heterocycles. The molecule has 5 nitrogen and oxygen atoms in total. The Morgan fingerprint density at radius 3 is 2.91 bits per heavy atom. The zero-order chi connectivity index (χ0) is 16.4. The number of likely N-dealkylation sites (tertiary alicyclic amines) is 1. The molecule has 1 heterocycles. The SMILES string of the molecule is COC(=O)[C@]12CCC[C@H]1CN(Cc1ccccc1NC(C)=O)C2. The molecule has 1 aliphatic heterocycles. The Hall–Kier alpha value is -1.88. The van der Waals surface area contributed by atoms with Crippen molar-refractivity contribution in [3.05, 3.63) is 29.8 Å². The largest absolute Gasteiger partial charge is 0.469 e. The predicted octanol–water partition coefficient (Wildman–Crippen LogP) is 2.42. The van der Waals surface area contributed by atoms with Gasteiger partial charge in [0, 0.05) is 32.2 Å². The number of amides is 1. The summed E-state index contributed by atoms with van der Waals surface area (Å²) in [6.45, 7) is 3.93. The molecule has 5 heteroatoms. The van der Waals surface area contributed by atoms with Crippen LogP contribution >= 0.6 is 0 Å². The number of benzene rings is 1. The second-order valence-corrected chi connectivity index (χ2v) is 6.74. The molecule has 1 aromatic rings. The summed E-state index contributed by atoms with van der Waals surface area (Å²) in [7, 11) is 1.49. The fraction of sp³-hybridized carbons (Fsp3) is 0.556. The topological polar surface area (TPSA) is 58.6 Å². The highest BCUT2D eigenvalue weighted by Crippen LogP contribution is 2.49. The van der Waals surface area contributed by atoms with E-state index in [1.54, 1.807) is 0 Å². The molecule has 124 valence electrons. The van der Waals surface area contributed by atoms with Gasteiger partial charge in [-0.3, -0.25) is 14.5 Å². The van der Waals surface area contributed by atoms with E-state index in [4.69, 9.17) is 4.74 Å². The van der Waals surface area contributed by atoms with E-state index in [2.05, 4.69) is 10.2 Å². The van der Waals surface area contributed by atoms with Gasteiger partial charge in [0.15, 0.2) is 0 Å². The first-order valence-electron chi connectivity index (χ1n) is 8.21. The maximum atomic E-state index is 12.3. The summed E-state index contributed by atoms with van der Waals surface area (Å²) in [5, 5.41) is 2.88. The number of ether oxygens (including phenoxy) is 1. The average Bonchev–Trinajstić information content (AvgIpc) is 3.05. The summed E-state index contributed by atoms with van der Waals surface area (Å²) in [4.78, 5) is 26.0. The highest BCUT2D eigenvalue weighted by Gasteiger charge is 2.55. The molecule has 1 saturated carbocycles. The number of fused-ring (bicyclic) bond motifs is 1. The number of methoxy groups -OCH3 is 1. The molecule has 0 radical (unpaired) electrons. The van der Waals surface area contributed by atoms with Crippen LogP contribution in [-0.4, -0.2) is 37.0 Å². The maximum Gasteiger partial charge on any atom is 0.313 e. The molecule has 0 aromatic heterocycles. The third-order valence-electron chi connectivity index (χ3n) is 5.26. The van der Waals surface area contributed by atoms with Gasteiger partial charge in [-0.25, -0.2) is 0 Å². The first-order chi connectivity index (χ1) is 11.0. The van der Waals surface area contributed by atoms with E-state index in [0.717, 1.165) is 50.1 Å². The summed E-state index contributed by atoms with van der Waals surface area (Å²) in [5.41, 5.74) is 1.62. The number of esters is 1. The smallest absolute Gasteiger partial charge is 0.313 e. The standard InChI is InChI=1S/C18H24N2O3/c1-13(21)19-16-8-4-3-6-14(16)10-20-11-15-7-5-9-18(15,12-20)17(22)23-2/h3-4,6,8,15H,5,7,9-12H2,1-2H3,(H,19,21)/t15-,18-/m0/s1. The highest BCUT2D eigenvalue weighted by atomic mass is 16.5. The van der Waals surface area contributed by atoms with Crippen molar-refractivity contribution in [3.63, 3.8) is 0 Å². The van der Waals surface area contributed by atoms with Crippen molar-refractivity contribution in [1.82, 2.24) is 4.90 Å². The molecule has 23 heavy (non-hydrogen) atoms. The van der Waals surface area contributed by atoms with Crippen LogP contribution in [0.1, 0.15) is 31.7 Å². The zero-order valence-electron chi connectivity index (χ0n) is 13.8. The van der Waals surface area contributed by atoms with E-state index in [9.17, 15) is 9.59 Å². The van der Waals surface area contributed by atoms with Crippen LogP contribution in [0.2, 0.25) is 0 Å². The molecule has 1 aliphatic carbocycles. The Morgan fingerprint density at radius 1 is 1.39 bits per heavy atom. The summed E-state index contributed by atoms with van der Waals surface area (Å²) in [6.07, 6.45) is 3.13. The number of carbonyl (C=O) groups excluding carboxylic acids is 2. The van der Waals surface area contributed by atoms with Crippen molar-refractivity contribution in [1.29, 1.82) is 0 Å².